The predicted molar refractivity (Wildman–Crippen MR) is 163 cm³/mol. The van der Waals surface area contributed by atoms with Crippen molar-refractivity contribution in [1.29, 1.82) is 5.26 Å². The summed E-state index contributed by atoms with van der Waals surface area (Å²) in [6.07, 6.45) is -2.92. The van der Waals surface area contributed by atoms with Crippen molar-refractivity contribution >= 4 is 33.8 Å². The number of piperidine rings is 1. The van der Waals surface area contributed by atoms with Crippen LogP contribution in [0.4, 0.5) is 23.7 Å². The maximum absolute atomic E-state index is 14.7. The van der Waals surface area contributed by atoms with E-state index < -0.39 is 63.1 Å². The second-order valence-electron chi connectivity index (χ2n) is 11.9. The molecule has 0 N–H and O–H groups in total. The smallest absolute Gasteiger partial charge is 0.420 e. The number of amides is 1. The van der Waals surface area contributed by atoms with Crippen LogP contribution in [0.25, 0.3) is 6.08 Å². The highest BCUT2D eigenvalue weighted by atomic mass is 32.2. The van der Waals surface area contributed by atoms with Crippen molar-refractivity contribution in [3.8, 4) is 11.8 Å². The quantitative estimate of drug-likeness (QED) is 0.330. The summed E-state index contributed by atoms with van der Waals surface area (Å²) in [7, 11) is -4.49. The maximum atomic E-state index is 14.7. The van der Waals surface area contributed by atoms with Gasteiger partial charge < -0.3 is 19.1 Å². The molecule has 14 heteroatoms. The number of likely N-dealkylation sites (tertiary alicyclic amines) is 1. The molecule has 4 rings (SSSR count). The van der Waals surface area contributed by atoms with Gasteiger partial charge in [0.1, 0.15) is 23.0 Å². The average Bonchev–Trinajstić information content (AvgIpc) is 3.34. The summed E-state index contributed by atoms with van der Waals surface area (Å²) in [6, 6.07) is 9.65. The van der Waals surface area contributed by atoms with Crippen LogP contribution in [0.2, 0.25) is 0 Å². The number of alkyl halides is 3. The molecule has 0 radical (unpaired) electrons. The number of ether oxygens (including phenoxy) is 3. The van der Waals surface area contributed by atoms with Crippen LogP contribution in [-0.4, -0.2) is 68.6 Å². The second-order valence-corrected chi connectivity index (χ2v) is 13.8. The Morgan fingerprint density at radius 2 is 1.80 bits per heavy atom. The third-order valence-electron chi connectivity index (χ3n) is 7.30. The first kappa shape index (κ1) is 34.6. The van der Waals surface area contributed by atoms with E-state index in [1.807, 2.05) is 6.07 Å². The summed E-state index contributed by atoms with van der Waals surface area (Å²) in [5.41, 5.74) is -1.41. The SMILES string of the molecule is CCOC(=O)CS(=O)(=O)N1c2ccc(OC3CCN(C(=O)OC(C)(C)C)CC3)c(C(F)(F)F)c2CC1/C=C/c1cccc(C#N)c1. The van der Waals surface area contributed by atoms with Gasteiger partial charge in [-0.3, -0.25) is 9.10 Å². The highest BCUT2D eigenvalue weighted by Crippen LogP contribution is 2.48. The number of halogens is 3. The van der Waals surface area contributed by atoms with Gasteiger partial charge in [0.2, 0.25) is 10.0 Å². The Bertz CT molecular complexity index is 1640. The molecule has 2 aliphatic heterocycles. The lowest BCUT2D eigenvalue weighted by Crippen LogP contribution is -2.44. The number of esters is 1. The van der Waals surface area contributed by atoms with Crippen molar-refractivity contribution < 1.29 is 45.4 Å². The van der Waals surface area contributed by atoms with Gasteiger partial charge in [-0.1, -0.05) is 24.3 Å². The monoisotopic (exact) mass is 663 g/mol. The molecule has 1 unspecified atom stereocenters. The molecule has 0 bridgehead atoms. The highest BCUT2D eigenvalue weighted by molar-refractivity contribution is 7.93. The number of sulfonamides is 1. The molecule has 0 aromatic heterocycles. The molecule has 0 aliphatic carbocycles. The minimum atomic E-state index is -4.91. The lowest BCUT2D eigenvalue weighted by molar-refractivity contribution is -0.140. The van der Waals surface area contributed by atoms with Gasteiger partial charge in [-0.15, -0.1) is 0 Å². The van der Waals surface area contributed by atoms with E-state index in [-0.39, 0.29) is 50.2 Å². The molecule has 10 nitrogen and oxygen atoms in total. The van der Waals surface area contributed by atoms with E-state index in [0.717, 1.165) is 10.4 Å². The normalized spacial score (nSPS) is 17.5. The standard InChI is InChI=1S/C32H36F3N3O7S/c1-5-43-28(39)20-46(41,42)38-23(10-9-21-7-6-8-22(17-21)19-36)18-25-26(38)11-12-27(29(25)32(33,34)35)44-24-13-15-37(16-14-24)30(40)45-31(2,3)4/h6-12,17,23-24H,5,13-16,18,20H2,1-4H3/b10-9+. The Morgan fingerprint density at radius 1 is 1.11 bits per heavy atom. The Morgan fingerprint density at radius 3 is 2.41 bits per heavy atom. The van der Waals surface area contributed by atoms with E-state index in [0.29, 0.717) is 11.1 Å². The molecule has 0 spiro atoms. The van der Waals surface area contributed by atoms with Crippen LogP contribution in [-0.2, 0) is 36.9 Å². The molecular weight excluding hydrogens is 627 g/mol. The Labute approximate surface area is 266 Å². The lowest BCUT2D eigenvalue weighted by Gasteiger charge is -2.34. The van der Waals surface area contributed by atoms with Crippen LogP contribution in [0.3, 0.4) is 0 Å². The number of nitrogens with zero attached hydrogens (tertiary/aromatic N) is 3. The van der Waals surface area contributed by atoms with Gasteiger partial charge >= 0.3 is 18.2 Å². The summed E-state index contributed by atoms with van der Waals surface area (Å²) in [4.78, 5) is 26.1. The number of benzene rings is 2. The van der Waals surface area contributed by atoms with Crippen LogP contribution >= 0.6 is 0 Å². The molecule has 248 valence electrons. The molecule has 0 saturated carbocycles. The molecule has 1 saturated heterocycles. The van der Waals surface area contributed by atoms with Crippen LogP contribution in [0.1, 0.15) is 62.8 Å². The molecule has 1 fully saturated rings. The van der Waals surface area contributed by atoms with Crippen molar-refractivity contribution in [1.82, 2.24) is 4.90 Å². The molecule has 1 atom stereocenters. The Kier molecular flexibility index (Phi) is 10.3. The van der Waals surface area contributed by atoms with Crippen molar-refractivity contribution in [2.24, 2.45) is 0 Å². The molecule has 2 aliphatic rings. The van der Waals surface area contributed by atoms with Gasteiger partial charge in [-0.2, -0.15) is 18.4 Å². The highest BCUT2D eigenvalue weighted by Gasteiger charge is 2.46. The van der Waals surface area contributed by atoms with Crippen molar-refractivity contribution in [3.63, 3.8) is 0 Å². The van der Waals surface area contributed by atoms with Crippen LogP contribution in [0.5, 0.6) is 5.75 Å². The van der Waals surface area contributed by atoms with Gasteiger partial charge in [-0.05, 0) is 63.1 Å². The summed E-state index contributed by atoms with van der Waals surface area (Å²) in [5, 5.41) is 9.22. The number of hydrogen-bond donors (Lipinski definition) is 0. The van der Waals surface area contributed by atoms with Gasteiger partial charge in [0.25, 0.3) is 0 Å². The zero-order valence-electron chi connectivity index (χ0n) is 26.0. The number of anilines is 1. The summed E-state index contributed by atoms with van der Waals surface area (Å²) < 4.78 is 88.2. The van der Waals surface area contributed by atoms with E-state index in [4.69, 9.17) is 14.2 Å². The molecule has 2 aromatic rings. The third-order valence-corrected chi connectivity index (χ3v) is 8.97. The van der Waals surface area contributed by atoms with Gasteiger partial charge in [0.05, 0.1) is 30.0 Å². The molecular formula is C32H36F3N3O7S. The van der Waals surface area contributed by atoms with Crippen LogP contribution in [0, 0.1) is 11.3 Å². The average molecular weight is 664 g/mol. The molecule has 2 heterocycles. The van der Waals surface area contributed by atoms with Crippen LogP contribution < -0.4 is 9.04 Å². The number of carbonyl (C=O) groups is 2. The first-order chi connectivity index (χ1) is 21.5. The fourth-order valence-corrected chi connectivity index (χ4v) is 6.98. The fourth-order valence-electron chi connectivity index (χ4n) is 5.43. The minimum absolute atomic E-state index is 0.0703. The molecule has 2 aromatic carbocycles. The van der Waals surface area contributed by atoms with Gasteiger partial charge in [-0.25, -0.2) is 13.2 Å². The van der Waals surface area contributed by atoms with E-state index in [2.05, 4.69) is 0 Å². The van der Waals surface area contributed by atoms with E-state index in [9.17, 15) is 36.4 Å². The van der Waals surface area contributed by atoms with E-state index in [1.165, 1.54) is 30.0 Å². The minimum Gasteiger partial charge on any atom is -0.490 e. The largest absolute Gasteiger partial charge is 0.490 e. The number of rotatable bonds is 8. The third kappa shape index (κ3) is 8.31. The number of carbonyl (C=O) groups excluding carboxylic acids is 2. The fraction of sp³-hybridized carbons (Fsp3) is 0.469. The van der Waals surface area contributed by atoms with Crippen molar-refractivity contribution in [2.45, 2.75) is 70.9 Å². The number of fused-ring (bicyclic) bond motifs is 1. The Hall–Kier alpha value is -4.25. The first-order valence-electron chi connectivity index (χ1n) is 14.8. The van der Waals surface area contributed by atoms with Gasteiger partial charge in [0, 0.05) is 32.4 Å². The maximum Gasteiger partial charge on any atom is 0.420 e. The molecule has 46 heavy (non-hydrogen) atoms. The second kappa shape index (κ2) is 13.6. The first-order valence-corrected chi connectivity index (χ1v) is 16.4. The van der Waals surface area contributed by atoms with E-state index in [1.54, 1.807) is 45.0 Å². The summed E-state index contributed by atoms with van der Waals surface area (Å²) >= 11 is 0. The predicted octanol–water partition coefficient (Wildman–Crippen LogP) is 5.69. The summed E-state index contributed by atoms with van der Waals surface area (Å²) in [5.74, 6) is -2.55. The molecule has 1 amide bonds. The zero-order chi connectivity index (χ0) is 33.9. The zero-order valence-corrected chi connectivity index (χ0v) is 26.8. The number of hydrogen-bond acceptors (Lipinski definition) is 8. The van der Waals surface area contributed by atoms with Crippen LogP contribution in [0.15, 0.2) is 42.5 Å². The number of nitriles is 1. The Balaban J connectivity index is 1.67. The van der Waals surface area contributed by atoms with Crippen molar-refractivity contribution in [3.05, 3.63) is 64.7 Å². The lowest BCUT2D eigenvalue weighted by atomic mass is 10.00. The van der Waals surface area contributed by atoms with E-state index >= 15 is 0 Å². The topological polar surface area (TPSA) is 126 Å². The van der Waals surface area contributed by atoms with Gasteiger partial charge in [0.15, 0.2) is 5.75 Å². The summed E-state index contributed by atoms with van der Waals surface area (Å²) in [6.45, 7) is 7.11. The van der Waals surface area contributed by atoms with Crippen molar-refractivity contribution in [2.75, 3.05) is 29.8 Å².